The van der Waals surface area contributed by atoms with E-state index >= 15 is 0 Å². The first kappa shape index (κ1) is 18.8. The van der Waals surface area contributed by atoms with E-state index in [1.807, 2.05) is 54.3 Å². The van der Waals surface area contributed by atoms with Crippen molar-refractivity contribution in [1.82, 2.24) is 14.8 Å². The predicted molar refractivity (Wildman–Crippen MR) is 107 cm³/mol. The summed E-state index contributed by atoms with van der Waals surface area (Å²) >= 11 is 1.34. The molecule has 0 radical (unpaired) electrons. The molecule has 1 atom stereocenters. The molecule has 1 saturated heterocycles. The normalized spacial score (nSPS) is 22.5. The second kappa shape index (κ2) is 7.85. The van der Waals surface area contributed by atoms with Crippen molar-refractivity contribution < 1.29 is 14.3 Å². The van der Waals surface area contributed by atoms with Gasteiger partial charge in [0.05, 0.1) is 24.4 Å². The molecule has 1 aromatic carbocycles. The van der Waals surface area contributed by atoms with Gasteiger partial charge in [0.2, 0.25) is 0 Å². The summed E-state index contributed by atoms with van der Waals surface area (Å²) in [6, 6.07) is 9.93. The van der Waals surface area contributed by atoms with Crippen molar-refractivity contribution in [3.63, 3.8) is 0 Å². The number of rotatable bonds is 3. The fourth-order valence-corrected chi connectivity index (χ4v) is 4.50. The summed E-state index contributed by atoms with van der Waals surface area (Å²) in [6.45, 7) is 3.99. The molecule has 2 aliphatic rings. The molecular weight excluding hydrogens is 374 g/mol. The first-order valence-electron chi connectivity index (χ1n) is 9.41. The van der Waals surface area contributed by atoms with Gasteiger partial charge in [-0.3, -0.25) is 9.59 Å². The van der Waals surface area contributed by atoms with Gasteiger partial charge in [0.15, 0.2) is 5.60 Å². The van der Waals surface area contributed by atoms with Crippen molar-refractivity contribution in [1.29, 1.82) is 0 Å². The van der Waals surface area contributed by atoms with Gasteiger partial charge >= 0.3 is 0 Å². The molecule has 0 aliphatic carbocycles. The van der Waals surface area contributed by atoms with Gasteiger partial charge in [0.1, 0.15) is 4.88 Å². The molecular formula is C21H23N3O3S. The zero-order chi connectivity index (χ0) is 19.6. The third kappa shape index (κ3) is 3.59. The first-order valence-corrected chi connectivity index (χ1v) is 10.3. The molecule has 0 N–H and O–H groups in total. The third-order valence-corrected chi connectivity index (χ3v) is 6.16. The van der Waals surface area contributed by atoms with Crippen LogP contribution in [0.5, 0.6) is 0 Å². The molecule has 1 spiro atoms. The minimum absolute atomic E-state index is 0.0557. The van der Waals surface area contributed by atoms with Crippen LogP contribution in [-0.4, -0.2) is 58.4 Å². The van der Waals surface area contributed by atoms with Crippen molar-refractivity contribution >= 4 is 23.2 Å². The van der Waals surface area contributed by atoms with Gasteiger partial charge in [-0.1, -0.05) is 42.5 Å². The minimum atomic E-state index is -1.02. The highest BCUT2D eigenvalue weighted by Gasteiger charge is 2.47. The molecule has 146 valence electrons. The molecule has 6 nitrogen and oxygen atoms in total. The standard InChI is InChI=1S/C21H23N3O3S/c1-16-18(28-15-22-16)19(25)24-11-12-27-21(14-24)9-5-6-10-23(20(21)26)13-17-7-3-2-4-8-17/h2-8,15H,9-14H2,1H3/t21-/m0/s1. The second-order valence-electron chi connectivity index (χ2n) is 7.18. The number of thiazole rings is 1. The summed E-state index contributed by atoms with van der Waals surface area (Å²) in [7, 11) is 0. The molecule has 28 heavy (non-hydrogen) atoms. The fourth-order valence-electron chi connectivity index (χ4n) is 3.74. The van der Waals surface area contributed by atoms with Gasteiger partial charge in [-0.15, -0.1) is 11.3 Å². The maximum absolute atomic E-state index is 13.5. The number of hydrogen-bond donors (Lipinski definition) is 0. The van der Waals surface area contributed by atoms with Crippen LogP contribution in [0, 0.1) is 6.92 Å². The highest BCUT2D eigenvalue weighted by Crippen LogP contribution is 2.29. The Bertz CT molecular complexity index is 895. The highest BCUT2D eigenvalue weighted by molar-refractivity contribution is 7.11. The van der Waals surface area contributed by atoms with Crippen molar-refractivity contribution in [2.24, 2.45) is 0 Å². The predicted octanol–water partition coefficient (Wildman–Crippen LogP) is 2.65. The number of carbonyl (C=O) groups is 2. The summed E-state index contributed by atoms with van der Waals surface area (Å²) < 4.78 is 6.05. The van der Waals surface area contributed by atoms with Crippen LogP contribution in [-0.2, 0) is 16.1 Å². The number of nitrogens with zero attached hydrogens (tertiary/aromatic N) is 3. The quantitative estimate of drug-likeness (QED) is 0.747. The second-order valence-corrected chi connectivity index (χ2v) is 8.04. The number of morpholine rings is 1. The van der Waals surface area contributed by atoms with Gasteiger partial charge in [-0.05, 0) is 12.5 Å². The molecule has 4 rings (SSSR count). The summed E-state index contributed by atoms with van der Waals surface area (Å²) in [4.78, 5) is 34.8. The topological polar surface area (TPSA) is 62.7 Å². The molecule has 7 heteroatoms. The molecule has 0 unspecified atom stereocenters. The van der Waals surface area contributed by atoms with Crippen molar-refractivity contribution in [3.8, 4) is 0 Å². The van der Waals surface area contributed by atoms with E-state index in [0.29, 0.717) is 37.5 Å². The van der Waals surface area contributed by atoms with Gasteiger partial charge in [-0.2, -0.15) is 0 Å². The van der Waals surface area contributed by atoms with E-state index in [4.69, 9.17) is 4.74 Å². The number of hydrogen-bond acceptors (Lipinski definition) is 5. The number of ether oxygens (including phenoxy) is 1. The Hall–Kier alpha value is -2.51. The van der Waals surface area contributed by atoms with Crippen molar-refractivity contribution in [3.05, 3.63) is 64.1 Å². The molecule has 2 aliphatic heterocycles. The van der Waals surface area contributed by atoms with E-state index in [2.05, 4.69) is 4.98 Å². The van der Waals surface area contributed by atoms with Gasteiger partial charge < -0.3 is 14.5 Å². The average Bonchev–Trinajstić information content (AvgIpc) is 3.10. The molecule has 2 amide bonds. The van der Waals surface area contributed by atoms with Gasteiger partial charge in [0, 0.05) is 26.1 Å². The van der Waals surface area contributed by atoms with Crippen LogP contribution >= 0.6 is 11.3 Å². The Labute approximate surface area is 168 Å². The van der Waals surface area contributed by atoms with E-state index in [9.17, 15) is 9.59 Å². The van der Waals surface area contributed by atoms with Crippen molar-refractivity contribution in [2.75, 3.05) is 26.2 Å². The van der Waals surface area contributed by atoms with Crippen LogP contribution in [0.25, 0.3) is 0 Å². The van der Waals surface area contributed by atoms with Crippen LogP contribution in [0.1, 0.15) is 27.3 Å². The Balaban J connectivity index is 1.56. The lowest BCUT2D eigenvalue weighted by Gasteiger charge is -2.42. The molecule has 0 saturated carbocycles. The zero-order valence-corrected chi connectivity index (χ0v) is 16.7. The van der Waals surface area contributed by atoms with Crippen LogP contribution < -0.4 is 0 Å². The van der Waals surface area contributed by atoms with E-state index < -0.39 is 5.60 Å². The van der Waals surface area contributed by atoms with E-state index in [0.717, 1.165) is 11.3 Å². The molecule has 0 bridgehead atoms. The summed E-state index contributed by atoms with van der Waals surface area (Å²) in [5, 5.41) is 0. The zero-order valence-electron chi connectivity index (χ0n) is 15.8. The Morgan fingerprint density at radius 3 is 2.86 bits per heavy atom. The SMILES string of the molecule is Cc1ncsc1C(=O)N1CCO[C@@]2(CC=CCN(Cc3ccccc3)C2=O)C1. The maximum Gasteiger partial charge on any atom is 0.266 e. The number of benzene rings is 1. The van der Waals surface area contributed by atoms with Crippen LogP contribution in [0.3, 0.4) is 0 Å². The smallest absolute Gasteiger partial charge is 0.266 e. The van der Waals surface area contributed by atoms with E-state index in [-0.39, 0.29) is 18.4 Å². The number of amides is 2. The van der Waals surface area contributed by atoms with Crippen molar-refractivity contribution in [2.45, 2.75) is 25.5 Å². The minimum Gasteiger partial charge on any atom is -0.361 e. The largest absolute Gasteiger partial charge is 0.361 e. The lowest BCUT2D eigenvalue weighted by atomic mass is 9.95. The number of aryl methyl sites for hydroxylation is 1. The third-order valence-electron chi connectivity index (χ3n) is 5.25. The number of carbonyl (C=O) groups excluding carboxylic acids is 2. The summed E-state index contributed by atoms with van der Waals surface area (Å²) in [5.74, 6) is -0.127. The molecule has 2 aromatic rings. The molecule has 3 heterocycles. The van der Waals surface area contributed by atoms with Crippen LogP contribution in [0.4, 0.5) is 0 Å². The fraction of sp³-hybridized carbons (Fsp3) is 0.381. The summed E-state index contributed by atoms with van der Waals surface area (Å²) in [6.07, 6.45) is 4.48. The highest BCUT2D eigenvalue weighted by atomic mass is 32.1. The lowest BCUT2D eigenvalue weighted by molar-refractivity contribution is -0.167. The average molecular weight is 398 g/mol. The summed E-state index contributed by atoms with van der Waals surface area (Å²) in [5.41, 5.74) is 2.47. The van der Waals surface area contributed by atoms with E-state index in [1.54, 1.807) is 10.4 Å². The lowest BCUT2D eigenvalue weighted by Crippen LogP contribution is -2.60. The molecule has 1 aromatic heterocycles. The van der Waals surface area contributed by atoms with Crippen LogP contribution in [0.15, 0.2) is 48.0 Å². The van der Waals surface area contributed by atoms with Gasteiger partial charge in [0.25, 0.3) is 11.8 Å². The molecule has 1 fully saturated rings. The monoisotopic (exact) mass is 397 g/mol. The Morgan fingerprint density at radius 2 is 2.11 bits per heavy atom. The van der Waals surface area contributed by atoms with Crippen LogP contribution in [0.2, 0.25) is 0 Å². The van der Waals surface area contributed by atoms with E-state index in [1.165, 1.54) is 11.3 Å². The first-order chi connectivity index (χ1) is 13.6. The Kier molecular flexibility index (Phi) is 5.28. The number of aromatic nitrogens is 1. The Morgan fingerprint density at radius 1 is 1.29 bits per heavy atom. The van der Waals surface area contributed by atoms with Gasteiger partial charge in [-0.25, -0.2) is 4.98 Å². The maximum atomic E-state index is 13.5.